The number of carbonyl (C=O) groups excluding carboxylic acids is 1. The van der Waals surface area contributed by atoms with E-state index in [0.29, 0.717) is 18.4 Å². The largest absolute Gasteiger partial charge is 0.489 e. The zero-order valence-corrected chi connectivity index (χ0v) is 28.2. The molecule has 2 bridgehead atoms. The van der Waals surface area contributed by atoms with Crippen molar-refractivity contribution in [1.82, 2.24) is 19.9 Å². The van der Waals surface area contributed by atoms with Gasteiger partial charge in [-0.3, -0.25) is 9.88 Å². The van der Waals surface area contributed by atoms with Gasteiger partial charge in [0.05, 0.1) is 28.1 Å². The summed E-state index contributed by atoms with van der Waals surface area (Å²) >= 11 is 6.11. The highest BCUT2D eigenvalue weighted by molar-refractivity contribution is 6.32. The predicted octanol–water partition coefficient (Wildman–Crippen LogP) is 8.61. The summed E-state index contributed by atoms with van der Waals surface area (Å²) in [5.74, 6) is -1.57. The molecule has 2 aromatic heterocycles. The smallest absolute Gasteiger partial charge is 0.422 e. The van der Waals surface area contributed by atoms with Gasteiger partial charge in [0.25, 0.3) is 0 Å². The fourth-order valence-electron chi connectivity index (χ4n) is 6.23. The first kappa shape index (κ1) is 36.2. The molecule has 51 heavy (non-hydrogen) atoms. The van der Waals surface area contributed by atoms with E-state index in [2.05, 4.69) is 15.0 Å². The van der Waals surface area contributed by atoms with Crippen molar-refractivity contribution in [2.24, 2.45) is 0 Å². The van der Waals surface area contributed by atoms with Crippen molar-refractivity contribution in [2.75, 3.05) is 24.6 Å². The van der Waals surface area contributed by atoms with Crippen LogP contribution >= 0.6 is 11.6 Å². The number of pyridine rings is 1. The molecule has 0 aliphatic carbocycles. The van der Waals surface area contributed by atoms with Gasteiger partial charge in [0.15, 0.2) is 12.4 Å². The molecule has 2 atom stereocenters. The molecule has 2 aliphatic rings. The van der Waals surface area contributed by atoms with Crippen molar-refractivity contribution in [3.63, 3.8) is 0 Å². The highest BCUT2D eigenvalue weighted by Gasteiger charge is 2.45. The second-order valence-corrected chi connectivity index (χ2v) is 13.6. The number of ether oxygens (including phenoxy) is 3. The van der Waals surface area contributed by atoms with Gasteiger partial charge < -0.3 is 19.1 Å². The Hall–Kier alpha value is -4.60. The van der Waals surface area contributed by atoms with E-state index in [4.69, 9.17) is 25.8 Å². The van der Waals surface area contributed by atoms with E-state index in [9.17, 15) is 31.1 Å². The number of hydrogen-bond donors (Lipinski definition) is 0. The van der Waals surface area contributed by atoms with Gasteiger partial charge in [0, 0.05) is 24.8 Å². The predicted molar refractivity (Wildman–Crippen MR) is 172 cm³/mol. The summed E-state index contributed by atoms with van der Waals surface area (Å²) < 4.78 is 115. The molecule has 1 amide bonds. The van der Waals surface area contributed by atoms with Crippen LogP contribution in [0.4, 0.5) is 41.3 Å². The molecule has 0 spiro atoms. The summed E-state index contributed by atoms with van der Waals surface area (Å²) in [6.45, 7) is 3.60. The lowest BCUT2D eigenvalue weighted by Gasteiger charge is -2.42. The van der Waals surface area contributed by atoms with E-state index in [1.54, 1.807) is 60.9 Å². The van der Waals surface area contributed by atoms with E-state index in [-0.39, 0.29) is 48.7 Å². The van der Waals surface area contributed by atoms with Crippen LogP contribution in [-0.4, -0.2) is 69.5 Å². The second kappa shape index (κ2) is 13.5. The molecular weight excluding hydrogens is 711 g/mol. The van der Waals surface area contributed by atoms with E-state index in [0.717, 1.165) is 18.3 Å². The minimum absolute atomic E-state index is 0.0464. The number of piperazine rings is 1. The number of rotatable bonds is 7. The van der Waals surface area contributed by atoms with Crippen molar-refractivity contribution >= 4 is 34.4 Å². The molecule has 2 aromatic carbocycles. The van der Waals surface area contributed by atoms with Crippen LogP contribution in [0.3, 0.4) is 0 Å². The number of anilines is 1. The van der Waals surface area contributed by atoms with E-state index in [1.165, 1.54) is 0 Å². The van der Waals surface area contributed by atoms with Crippen LogP contribution in [0.2, 0.25) is 5.02 Å². The van der Waals surface area contributed by atoms with Gasteiger partial charge in [-0.2, -0.15) is 36.3 Å². The number of aromatic nitrogens is 3. The van der Waals surface area contributed by atoms with Gasteiger partial charge in [-0.1, -0.05) is 41.9 Å². The lowest BCUT2D eigenvalue weighted by Crippen LogP contribution is -2.57. The number of amides is 1. The number of halogens is 8. The molecular formula is C34H31ClF7N5O4. The third-order valence-electron chi connectivity index (χ3n) is 8.25. The molecule has 4 heterocycles. The fourth-order valence-corrected chi connectivity index (χ4v) is 6.55. The summed E-state index contributed by atoms with van der Waals surface area (Å²) in [6.07, 6.45) is -8.19. The van der Waals surface area contributed by atoms with Crippen LogP contribution in [0.1, 0.15) is 44.7 Å². The topological polar surface area (TPSA) is 89.9 Å². The molecule has 2 fully saturated rings. The number of fused-ring (bicyclic) bond motifs is 3. The molecule has 6 rings (SSSR count). The molecule has 4 aromatic rings. The molecule has 0 unspecified atom stereocenters. The number of alkyl halides is 6. The van der Waals surface area contributed by atoms with E-state index >= 15 is 4.39 Å². The van der Waals surface area contributed by atoms with Crippen molar-refractivity contribution < 1.29 is 49.7 Å². The Morgan fingerprint density at radius 2 is 1.63 bits per heavy atom. The van der Waals surface area contributed by atoms with Crippen LogP contribution in [0.25, 0.3) is 22.2 Å². The van der Waals surface area contributed by atoms with Gasteiger partial charge in [-0.05, 0) is 51.3 Å². The average Bonchev–Trinajstić information content (AvgIpc) is 3.30. The summed E-state index contributed by atoms with van der Waals surface area (Å²) in [5, 5.41) is -0.892. The number of carbonyl (C=O) groups is 1. The van der Waals surface area contributed by atoms with E-state index in [1.807, 2.05) is 0 Å². The first-order valence-electron chi connectivity index (χ1n) is 15.8. The van der Waals surface area contributed by atoms with Gasteiger partial charge in [-0.25, -0.2) is 9.18 Å². The van der Waals surface area contributed by atoms with Gasteiger partial charge >= 0.3 is 24.5 Å². The minimum atomic E-state index is -5.07. The first-order chi connectivity index (χ1) is 23.9. The maximum Gasteiger partial charge on any atom is 0.422 e. The van der Waals surface area contributed by atoms with Gasteiger partial charge in [0.1, 0.15) is 35.0 Å². The Balaban J connectivity index is 1.43. The van der Waals surface area contributed by atoms with Crippen LogP contribution in [-0.2, 0) is 17.5 Å². The maximum absolute atomic E-state index is 16.6. The zero-order valence-electron chi connectivity index (χ0n) is 27.4. The Morgan fingerprint density at radius 3 is 2.24 bits per heavy atom. The van der Waals surface area contributed by atoms with Crippen molar-refractivity contribution in [1.29, 1.82) is 0 Å². The molecule has 2 aliphatic heterocycles. The third-order valence-corrected chi connectivity index (χ3v) is 8.54. The SMILES string of the molecule is CC(C)(C)OC(=O)N1[C@@H]2CC[C@H]1CN(c1nc(OCC(F)(F)F)nc3c(F)c(-c4cc(OCc5ccccc5)cc(Cl)c4C(F)(F)F)ncc13)C2. The fraction of sp³-hybridized carbons (Fsp3) is 0.412. The minimum Gasteiger partial charge on any atom is -0.489 e. The molecule has 17 heteroatoms. The zero-order chi connectivity index (χ0) is 36.9. The van der Waals surface area contributed by atoms with Crippen molar-refractivity contribution in [2.45, 2.75) is 70.3 Å². The van der Waals surface area contributed by atoms with Gasteiger partial charge in [-0.15, -0.1) is 0 Å². The standard InChI is InChI=1S/C34H31ClF7N5O4/c1-32(2,3)51-31(48)47-19-9-10-20(47)15-46(14-19)29-23-13-43-27(26(36)28(23)44-30(45-29)50-17-33(37,38)39)22-11-21(12-24(35)25(22)34(40,41)42)49-16-18-7-5-4-6-8-18/h4-8,11-13,19-20H,9-10,14-17H2,1-3H3/t19-,20+. The second-order valence-electron chi connectivity index (χ2n) is 13.2. The summed E-state index contributed by atoms with van der Waals surface area (Å²) in [5.41, 5.74) is -3.71. The Morgan fingerprint density at radius 1 is 0.961 bits per heavy atom. The van der Waals surface area contributed by atoms with Crippen LogP contribution < -0.4 is 14.4 Å². The highest BCUT2D eigenvalue weighted by Crippen LogP contribution is 2.45. The maximum atomic E-state index is 16.6. The van der Waals surface area contributed by atoms with Crippen LogP contribution in [0.5, 0.6) is 11.8 Å². The number of hydrogen-bond acceptors (Lipinski definition) is 8. The summed E-state index contributed by atoms with van der Waals surface area (Å²) in [7, 11) is 0. The summed E-state index contributed by atoms with van der Waals surface area (Å²) in [4.78, 5) is 28.4. The third kappa shape index (κ3) is 8.00. The van der Waals surface area contributed by atoms with Crippen molar-refractivity contribution in [3.8, 4) is 23.0 Å². The monoisotopic (exact) mass is 741 g/mol. The first-order valence-corrected chi connectivity index (χ1v) is 16.2. The molecule has 2 saturated heterocycles. The van der Waals surface area contributed by atoms with Crippen LogP contribution in [0, 0.1) is 5.82 Å². The average molecular weight is 742 g/mol. The molecule has 0 saturated carbocycles. The Bertz CT molecular complexity index is 1930. The number of benzene rings is 2. The quantitative estimate of drug-likeness (QED) is 0.174. The Kier molecular flexibility index (Phi) is 9.59. The normalized spacial score (nSPS) is 17.9. The van der Waals surface area contributed by atoms with Crippen LogP contribution in [0.15, 0.2) is 48.7 Å². The van der Waals surface area contributed by atoms with Gasteiger partial charge in [0.2, 0.25) is 0 Å². The lowest BCUT2D eigenvalue weighted by atomic mass is 10.0. The molecule has 0 radical (unpaired) electrons. The number of nitrogens with zero attached hydrogens (tertiary/aromatic N) is 5. The molecule has 272 valence electrons. The van der Waals surface area contributed by atoms with E-state index < -0.39 is 69.8 Å². The lowest BCUT2D eigenvalue weighted by molar-refractivity contribution is -0.154. The molecule has 0 N–H and O–H groups in total. The molecule has 9 nitrogen and oxygen atoms in total. The summed E-state index contributed by atoms with van der Waals surface area (Å²) in [6, 6.07) is 8.99. The van der Waals surface area contributed by atoms with Crippen molar-refractivity contribution in [3.05, 3.63) is 70.6 Å². The highest BCUT2D eigenvalue weighted by atomic mass is 35.5. The Labute approximate surface area is 292 Å².